The van der Waals surface area contributed by atoms with Gasteiger partial charge in [0.2, 0.25) is 10.0 Å². The van der Waals surface area contributed by atoms with E-state index in [-0.39, 0.29) is 10.9 Å². The maximum absolute atomic E-state index is 12.3. The topological polar surface area (TPSA) is 107 Å². The van der Waals surface area contributed by atoms with Gasteiger partial charge in [0.1, 0.15) is 0 Å². The summed E-state index contributed by atoms with van der Waals surface area (Å²) in [6, 6.07) is 5.41. The molecule has 3 N–H and O–H groups in total. The van der Waals surface area contributed by atoms with Crippen LogP contribution < -0.4 is 10.6 Å². The average molecular weight is 337 g/mol. The molecule has 1 aromatic carbocycles. The van der Waals surface area contributed by atoms with E-state index < -0.39 is 16.1 Å². The van der Waals surface area contributed by atoms with E-state index in [0.29, 0.717) is 11.4 Å². The number of urea groups is 1. The van der Waals surface area contributed by atoms with Crippen LogP contribution in [0.2, 0.25) is 0 Å². The van der Waals surface area contributed by atoms with Gasteiger partial charge in [-0.1, -0.05) is 0 Å². The molecule has 1 aromatic heterocycles. The number of hydrogen-bond acceptors (Lipinski definition) is 4. The summed E-state index contributed by atoms with van der Waals surface area (Å²) in [5.41, 5.74) is 1.01. The summed E-state index contributed by atoms with van der Waals surface area (Å²) in [7, 11) is -2.00. The first-order valence-electron chi connectivity index (χ1n) is 6.95. The Kier molecular flexibility index (Phi) is 5.02. The molecule has 2 aromatic rings. The Balaban J connectivity index is 2.06. The van der Waals surface area contributed by atoms with E-state index in [0.717, 1.165) is 0 Å². The Morgan fingerprint density at radius 3 is 2.30 bits per heavy atom. The molecule has 0 bridgehead atoms. The van der Waals surface area contributed by atoms with Gasteiger partial charge in [0, 0.05) is 25.0 Å². The number of sulfonamides is 1. The minimum absolute atomic E-state index is 0.140. The quantitative estimate of drug-likeness (QED) is 0.776. The van der Waals surface area contributed by atoms with Crippen LogP contribution in [0.5, 0.6) is 0 Å². The van der Waals surface area contributed by atoms with Crippen LogP contribution in [-0.2, 0) is 10.0 Å². The number of H-pyrrole nitrogens is 1. The molecule has 0 atom stereocenters. The molecule has 0 unspecified atom stereocenters. The number of rotatable bonds is 5. The van der Waals surface area contributed by atoms with Crippen LogP contribution in [-0.4, -0.2) is 42.0 Å². The van der Waals surface area contributed by atoms with Crippen molar-refractivity contribution in [2.24, 2.45) is 0 Å². The number of aromatic nitrogens is 2. The van der Waals surface area contributed by atoms with Gasteiger partial charge in [-0.25, -0.2) is 13.2 Å². The van der Waals surface area contributed by atoms with Gasteiger partial charge in [-0.05, 0) is 38.1 Å². The smallest absolute Gasteiger partial charge is 0.308 e. The Morgan fingerprint density at radius 1 is 1.17 bits per heavy atom. The second-order valence-electron chi connectivity index (χ2n) is 5.21. The van der Waals surface area contributed by atoms with E-state index in [4.69, 9.17) is 0 Å². The lowest BCUT2D eigenvalue weighted by Crippen LogP contribution is -2.33. The second-order valence-corrected chi connectivity index (χ2v) is 7.20. The normalized spacial score (nSPS) is 11.7. The van der Waals surface area contributed by atoms with Crippen LogP contribution in [0.4, 0.5) is 16.2 Å². The summed E-state index contributed by atoms with van der Waals surface area (Å²) < 4.78 is 26.0. The highest BCUT2D eigenvalue weighted by molar-refractivity contribution is 7.89. The van der Waals surface area contributed by atoms with Crippen LogP contribution in [0.1, 0.15) is 13.8 Å². The summed E-state index contributed by atoms with van der Waals surface area (Å²) >= 11 is 0. The molecule has 9 heteroatoms. The van der Waals surface area contributed by atoms with Crippen LogP contribution in [0, 0.1) is 0 Å². The fourth-order valence-corrected chi connectivity index (χ4v) is 3.13. The number of nitrogens with zero attached hydrogens (tertiary/aromatic N) is 2. The number of hydrogen-bond donors (Lipinski definition) is 3. The lowest BCUT2D eigenvalue weighted by Gasteiger charge is -2.21. The minimum atomic E-state index is -3.53. The number of benzene rings is 1. The summed E-state index contributed by atoms with van der Waals surface area (Å²) in [5.74, 6) is 0. The first-order chi connectivity index (χ1) is 10.8. The van der Waals surface area contributed by atoms with Gasteiger partial charge in [-0.3, -0.25) is 5.10 Å². The summed E-state index contributed by atoms with van der Waals surface area (Å²) in [6.45, 7) is 3.60. The van der Waals surface area contributed by atoms with Crippen molar-refractivity contribution < 1.29 is 13.2 Å². The Labute approximate surface area is 134 Å². The van der Waals surface area contributed by atoms with E-state index in [1.165, 1.54) is 48.0 Å². The van der Waals surface area contributed by atoms with Gasteiger partial charge in [0.05, 0.1) is 16.8 Å². The largest absolute Gasteiger partial charge is 0.323 e. The molecule has 0 aliphatic rings. The van der Waals surface area contributed by atoms with Gasteiger partial charge in [0.25, 0.3) is 0 Å². The highest BCUT2D eigenvalue weighted by Crippen LogP contribution is 2.19. The van der Waals surface area contributed by atoms with Crippen molar-refractivity contribution in [3.63, 3.8) is 0 Å². The molecule has 124 valence electrons. The van der Waals surface area contributed by atoms with Gasteiger partial charge in [-0.15, -0.1) is 0 Å². The Morgan fingerprint density at radius 2 is 1.78 bits per heavy atom. The molecule has 0 aliphatic heterocycles. The first kappa shape index (κ1) is 17.0. The molecular formula is C14H19N5O3S. The maximum atomic E-state index is 12.3. The summed E-state index contributed by atoms with van der Waals surface area (Å²) in [5, 5.41) is 11.5. The molecule has 0 saturated heterocycles. The molecule has 0 radical (unpaired) electrons. The van der Waals surface area contributed by atoms with E-state index in [1.807, 2.05) is 0 Å². The third kappa shape index (κ3) is 4.08. The van der Waals surface area contributed by atoms with E-state index in [9.17, 15) is 13.2 Å². The predicted octanol–water partition coefficient (Wildman–Crippen LogP) is 2.08. The lowest BCUT2D eigenvalue weighted by molar-refractivity contribution is 0.262. The van der Waals surface area contributed by atoms with Crippen molar-refractivity contribution >= 4 is 27.4 Å². The average Bonchev–Trinajstić information content (AvgIpc) is 2.99. The standard InChI is InChI=1S/C14H19N5O3S/c1-10(2)19(3)23(21,22)13-6-4-11(5-7-13)17-14(20)18-12-8-15-16-9-12/h4-10H,1-3H3,(H,15,16)(H2,17,18,20). The summed E-state index contributed by atoms with van der Waals surface area (Å²) in [4.78, 5) is 11.9. The first-order valence-corrected chi connectivity index (χ1v) is 8.39. The van der Waals surface area contributed by atoms with E-state index >= 15 is 0 Å². The van der Waals surface area contributed by atoms with Gasteiger partial charge in [0.15, 0.2) is 0 Å². The van der Waals surface area contributed by atoms with Gasteiger partial charge < -0.3 is 10.6 Å². The van der Waals surface area contributed by atoms with Crippen LogP contribution in [0.25, 0.3) is 0 Å². The predicted molar refractivity (Wildman–Crippen MR) is 87.8 cm³/mol. The van der Waals surface area contributed by atoms with Crippen molar-refractivity contribution in [3.05, 3.63) is 36.7 Å². The number of nitrogens with one attached hydrogen (secondary N) is 3. The van der Waals surface area contributed by atoms with E-state index in [2.05, 4.69) is 20.8 Å². The lowest BCUT2D eigenvalue weighted by atomic mass is 10.3. The zero-order chi connectivity index (χ0) is 17.0. The molecular weight excluding hydrogens is 318 g/mol. The number of carbonyl (C=O) groups excluding carboxylic acids is 1. The summed E-state index contributed by atoms with van der Waals surface area (Å²) in [6.07, 6.45) is 3.01. The molecule has 0 aliphatic carbocycles. The zero-order valence-corrected chi connectivity index (χ0v) is 13.9. The molecule has 2 rings (SSSR count). The molecule has 1 heterocycles. The number of carbonyl (C=O) groups is 1. The van der Waals surface area contributed by atoms with Crippen molar-refractivity contribution in [2.75, 3.05) is 17.7 Å². The highest BCUT2D eigenvalue weighted by Gasteiger charge is 2.22. The van der Waals surface area contributed by atoms with Crippen molar-refractivity contribution in [1.82, 2.24) is 14.5 Å². The molecule has 0 spiro atoms. The third-order valence-electron chi connectivity index (χ3n) is 3.27. The van der Waals surface area contributed by atoms with Crippen molar-refractivity contribution in [1.29, 1.82) is 0 Å². The molecule has 23 heavy (non-hydrogen) atoms. The maximum Gasteiger partial charge on any atom is 0.323 e. The number of amides is 2. The van der Waals surface area contributed by atoms with Crippen molar-refractivity contribution in [3.8, 4) is 0 Å². The van der Waals surface area contributed by atoms with Crippen LogP contribution in [0.15, 0.2) is 41.6 Å². The third-order valence-corrected chi connectivity index (χ3v) is 5.32. The number of aromatic amines is 1. The van der Waals surface area contributed by atoms with Crippen LogP contribution in [0.3, 0.4) is 0 Å². The SMILES string of the molecule is CC(C)N(C)S(=O)(=O)c1ccc(NC(=O)Nc2cn[nH]c2)cc1. The molecule has 2 amide bonds. The van der Waals surface area contributed by atoms with E-state index in [1.54, 1.807) is 13.8 Å². The molecule has 0 saturated carbocycles. The van der Waals surface area contributed by atoms with Crippen molar-refractivity contribution in [2.45, 2.75) is 24.8 Å². The molecule has 8 nitrogen and oxygen atoms in total. The highest BCUT2D eigenvalue weighted by atomic mass is 32.2. The zero-order valence-electron chi connectivity index (χ0n) is 13.1. The van der Waals surface area contributed by atoms with Gasteiger partial charge in [-0.2, -0.15) is 9.40 Å². The Bertz CT molecular complexity index is 754. The monoisotopic (exact) mass is 337 g/mol. The fourth-order valence-electron chi connectivity index (χ4n) is 1.77. The Hall–Kier alpha value is -2.39. The van der Waals surface area contributed by atoms with Crippen LogP contribution >= 0.6 is 0 Å². The van der Waals surface area contributed by atoms with Gasteiger partial charge >= 0.3 is 6.03 Å². The fraction of sp³-hybridized carbons (Fsp3) is 0.286. The minimum Gasteiger partial charge on any atom is -0.308 e. The second kappa shape index (κ2) is 6.80. The molecule has 0 fully saturated rings. The number of anilines is 2.